The Balaban J connectivity index is 1.31. The van der Waals surface area contributed by atoms with Crippen molar-refractivity contribution in [1.29, 1.82) is 0 Å². The van der Waals surface area contributed by atoms with Gasteiger partial charge in [0.25, 0.3) is 0 Å². The van der Waals surface area contributed by atoms with Crippen LogP contribution in [0.1, 0.15) is 56.7 Å². The number of hydrogen-bond donors (Lipinski definition) is 2. The summed E-state index contributed by atoms with van der Waals surface area (Å²) in [6.45, 7) is 5.12. The molecule has 0 radical (unpaired) electrons. The largest absolute Gasteiger partial charge is 0.508 e. The van der Waals surface area contributed by atoms with Crippen molar-refractivity contribution in [3.8, 4) is 23.0 Å². The number of ether oxygens (including phenoxy) is 2. The zero-order valence-corrected chi connectivity index (χ0v) is 26.1. The number of fused-ring (bicyclic) bond motifs is 4. The van der Waals surface area contributed by atoms with Gasteiger partial charge < -0.3 is 24.6 Å². The number of phenols is 1. The Morgan fingerprint density at radius 3 is 2.80 bits per heavy atom. The number of pyridine rings is 1. The van der Waals surface area contributed by atoms with Crippen LogP contribution in [0.4, 0.5) is 14.6 Å². The molecule has 11 heteroatoms. The molecule has 0 aliphatic carbocycles. The van der Waals surface area contributed by atoms with E-state index >= 15 is 8.78 Å². The minimum Gasteiger partial charge on any atom is -0.508 e. The van der Waals surface area contributed by atoms with Gasteiger partial charge in [-0.05, 0) is 92.4 Å². The van der Waals surface area contributed by atoms with E-state index < -0.39 is 5.82 Å². The molecule has 4 aromatic rings. The van der Waals surface area contributed by atoms with E-state index in [1.54, 1.807) is 12.1 Å². The number of aryl methyl sites for hydroxylation is 2. The fourth-order valence-corrected chi connectivity index (χ4v) is 8.52. The molecule has 9 nitrogen and oxygen atoms in total. The van der Waals surface area contributed by atoms with Gasteiger partial charge >= 0.3 is 6.01 Å². The molecule has 2 aromatic heterocycles. The van der Waals surface area contributed by atoms with Crippen LogP contribution in [0.15, 0.2) is 24.3 Å². The molecule has 0 saturated carbocycles. The van der Waals surface area contributed by atoms with Gasteiger partial charge in [0, 0.05) is 24.8 Å². The Morgan fingerprint density at radius 1 is 1.07 bits per heavy atom. The lowest BCUT2D eigenvalue weighted by Crippen LogP contribution is -2.47. The van der Waals surface area contributed by atoms with Gasteiger partial charge in [0.15, 0.2) is 5.82 Å². The van der Waals surface area contributed by atoms with Crippen LogP contribution in [-0.4, -0.2) is 87.2 Å². The van der Waals surface area contributed by atoms with Crippen molar-refractivity contribution in [3.63, 3.8) is 0 Å². The number of anilines is 1. The van der Waals surface area contributed by atoms with Crippen molar-refractivity contribution >= 4 is 27.5 Å². The molecule has 2 unspecified atom stereocenters. The Bertz CT molecular complexity index is 1840. The molecule has 0 spiro atoms. The number of aliphatic hydroxyl groups excluding tert-OH is 1. The summed E-state index contributed by atoms with van der Waals surface area (Å²) >= 11 is 0. The number of nitrogens with zero attached hydrogens (tertiary/aromatic N) is 5. The fraction of sp³-hybridized carbons (Fsp3) is 0.514. The second kappa shape index (κ2) is 11.5. The van der Waals surface area contributed by atoms with Crippen LogP contribution in [-0.2, 0) is 17.6 Å². The molecule has 242 valence electrons. The number of rotatable bonds is 6. The zero-order chi connectivity index (χ0) is 31.6. The second-order valence-corrected chi connectivity index (χ2v) is 13.2. The summed E-state index contributed by atoms with van der Waals surface area (Å²) in [4.78, 5) is 19.2. The number of aliphatic hydroxyl groups is 1. The average molecular weight is 632 g/mol. The zero-order valence-electron chi connectivity index (χ0n) is 26.1. The smallest absolute Gasteiger partial charge is 0.319 e. The topological polar surface area (TPSA) is 104 Å². The van der Waals surface area contributed by atoms with E-state index in [1.165, 1.54) is 12.1 Å². The minimum absolute atomic E-state index is 0.0230. The number of phenolic OH excluding ortho intramolecular Hbond substituents is 1. The van der Waals surface area contributed by atoms with Gasteiger partial charge in [0.05, 0.1) is 35.9 Å². The van der Waals surface area contributed by atoms with E-state index in [4.69, 9.17) is 24.4 Å². The van der Waals surface area contributed by atoms with Gasteiger partial charge in [0.1, 0.15) is 35.2 Å². The number of halogens is 2. The predicted molar refractivity (Wildman–Crippen MR) is 170 cm³/mol. The maximum atomic E-state index is 17.1. The standard InChI is InChI=1S/C35H39F2N5O4/c1-2-24-26(36)7-5-20-15-23(44)16-25(28(20)24)31-30(37)32-29-27(38-31)8-6-22-18-45-14-4-12-41(22)33(29)40-34(39-32)46-19-35-10-3-13-42(35)21(17-43)9-11-35/h5,7,15-16,21-22,43-44H,2-4,6,8-14,17-19H2,1H3/t21-,22?,35?/m0/s1. The summed E-state index contributed by atoms with van der Waals surface area (Å²) in [5.74, 6) is -0.496. The molecule has 2 N–H and O–H groups in total. The van der Waals surface area contributed by atoms with Gasteiger partial charge in [-0.25, -0.2) is 13.8 Å². The van der Waals surface area contributed by atoms with E-state index in [0.717, 1.165) is 45.1 Å². The van der Waals surface area contributed by atoms with Crippen LogP contribution >= 0.6 is 0 Å². The maximum Gasteiger partial charge on any atom is 0.319 e. The highest BCUT2D eigenvalue weighted by atomic mass is 19.1. The molecule has 3 fully saturated rings. The molecule has 2 aromatic carbocycles. The Kier molecular flexibility index (Phi) is 7.45. The van der Waals surface area contributed by atoms with Crippen molar-refractivity contribution < 1.29 is 28.5 Å². The first-order chi connectivity index (χ1) is 22.4. The third-order valence-electron chi connectivity index (χ3n) is 10.7. The number of benzene rings is 2. The molecular weight excluding hydrogens is 592 g/mol. The van der Waals surface area contributed by atoms with Crippen molar-refractivity contribution in [2.75, 3.05) is 44.4 Å². The number of hydrogen-bond acceptors (Lipinski definition) is 9. The first-order valence-electron chi connectivity index (χ1n) is 16.6. The van der Waals surface area contributed by atoms with Crippen LogP contribution < -0.4 is 9.64 Å². The Hall–Kier alpha value is -3.67. The fourth-order valence-electron chi connectivity index (χ4n) is 8.52. The maximum absolute atomic E-state index is 17.1. The third-order valence-corrected chi connectivity index (χ3v) is 10.7. The van der Waals surface area contributed by atoms with Gasteiger partial charge in [-0.3, -0.25) is 4.90 Å². The molecule has 3 atom stereocenters. The Labute approximate surface area is 266 Å². The van der Waals surface area contributed by atoms with Crippen LogP contribution in [0, 0.1) is 11.6 Å². The highest BCUT2D eigenvalue weighted by Crippen LogP contribution is 2.44. The first-order valence-corrected chi connectivity index (χ1v) is 16.6. The molecule has 8 rings (SSSR count). The van der Waals surface area contributed by atoms with Crippen molar-refractivity contribution in [1.82, 2.24) is 19.9 Å². The summed E-state index contributed by atoms with van der Waals surface area (Å²) in [6, 6.07) is 6.26. The summed E-state index contributed by atoms with van der Waals surface area (Å²) in [5, 5.41) is 22.4. The van der Waals surface area contributed by atoms with Gasteiger partial charge in [-0.2, -0.15) is 9.97 Å². The average Bonchev–Trinajstić information content (AvgIpc) is 3.48. The van der Waals surface area contributed by atoms with E-state index in [0.29, 0.717) is 78.0 Å². The highest BCUT2D eigenvalue weighted by molar-refractivity contribution is 6.02. The number of aromatic hydroxyl groups is 1. The van der Waals surface area contributed by atoms with Crippen LogP contribution in [0.2, 0.25) is 0 Å². The first kappa shape index (κ1) is 29.7. The highest BCUT2D eigenvalue weighted by Gasteiger charge is 2.49. The van der Waals surface area contributed by atoms with Gasteiger partial charge in [-0.1, -0.05) is 13.0 Å². The van der Waals surface area contributed by atoms with Crippen LogP contribution in [0.3, 0.4) is 0 Å². The predicted octanol–water partition coefficient (Wildman–Crippen LogP) is 5.30. The summed E-state index contributed by atoms with van der Waals surface area (Å²) in [5.41, 5.74) is 1.36. The van der Waals surface area contributed by atoms with Gasteiger partial charge in [0.2, 0.25) is 0 Å². The number of aromatic nitrogens is 3. The molecule has 46 heavy (non-hydrogen) atoms. The van der Waals surface area contributed by atoms with Gasteiger partial charge in [-0.15, -0.1) is 0 Å². The molecule has 0 bridgehead atoms. The van der Waals surface area contributed by atoms with E-state index in [1.807, 2.05) is 6.92 Å². The third kappa shape index (κ3) is 4.69. The molecule has 3 saturated heterocycles. The van der Waals surface area contributed by atoms with E-state index in [9.17, 15) is 10.2 Å². The summed E-state index contributed by atoms with van der Waals surface area (Å²) in [6.07, 6.45) is 6.30. The molecule has 4 aliphatic heterocycles. The van der Waals surface area contributed by atoms with Crippen LogP contribution in [0.25, 0.3) is 32.9 Å². The monoisotopic (exact) mass is 631 g/mol. The summed E-state index contributed by atoms with van der Waals surface area (Å²) < 4.78 is 44.5. The lowest BCUT2D eigenvalue weighted by Gasteiger charge is -2.34. The summed E-state index contributed by atoms with van der Waals surface area (Å²) in [7, 11) is 0. The lowest BCUT2D eigenvalue weighted by molar-refractivity contribution is 0.0644. The molecular formula is C35H39F2N5O4. The molecule has 4 aliphatic rings. The van der Waals surface area contributed by atoms with E-state index in [-0.39, 0.29) is 53.0 Å². The van der Waals surface area contributed by atoms with E-state index in [2.05, 4.69) is 9.80 Å². The van der Waals surface area contributed by atoms with Crippen molar-refractivity contribution in [2.24, 2.45) is 0 Å². The lowest BCUT2D eigenvalue weighted by atomic mass is 9.94. The second-order valence-electron chi connectivity index (χ2n) is 13.2. The van der Waals surface area contributed by atoms with Crippen molar-refractivity contribution in [2.45, 2.75) is 75.9 Å². The minimum atomic E-state index is -0.656. The SMILES string of the molecule is CCc1c(F)ccc2cc(O)cc(-c3nc4c5c(nc(OCC67CCCN6[C@H](CO)CC7)nc5c3F)N3CCCOCC3CC4)c12. The molecule has 0 amide bonds. The Morgan fingerprint density at radius 2 is 1.96 bits per heavy atom. The normalized spacial score (nSPS) is 24.7. The quantitative estimate of drug-likeness (QED) is 0.293. The van der Waals surface area contributed by atoms with Crippen molar-refractivity contribution in [3.05, 3.63) is 47.2 Å². The molecule has 6 heterocycles. The van der Waals surface area contributed by atoms with Crippen LogP contribution in [0.5, 0.6) is 11.8 Å².